The molecule has 2 amide bonds. The van der Waals surface area contributed by atoms with Gasteiger partial charge in [-0.15, -0.1) is 0 Å². The summed E-state index contributed by atoms with van der Waals surface area (Å²) in [5, 5.41) is 3.08. The van der Waals surface area contributed by atoms with Crippen molar-refractivity contribution >= 4 is 12.0 Å². The van der Waals surface area contributed by atoms with Crippen molar-refractivity contribution in [1.82, 2.24) is 20.2 Å². The van der Waals surface area contributed by atoms with E-state index in [1.54, 1.807) is 12.4 Å². The Balaban J connectivity index is 1.44. The minimum Gasteiger partial charge on any atom is -0.369 e. The van der Waals surface area contributed by atoms with Crippen LogP contribution in [-0.2, 0) is 4.74 Å². The zero-order valence-electron chi connectivity index (χ0n) is 13.3. The number of carbonyl (C=O) groups is 1. The summed E-state index contributed by atoms with van der Waals surface area (Å²) in [5.74, 6) is 0.745. The molecule has 1 saturated carbocycles. The summed E-state index contributed by atoms with van der Waals surface area (Å²) >= 11 is 0. The Kier molecular flexibility index (Phi) is 3.80. The zero-order valence-corrected chi connectivity index (χ0v) is 13.3. The van der Waals surface area contributed by atoms with Gasteiger partial charge in [0.25, 0.3) is 0 Å². The first-order valence-electron chi connectivity index (χ1n) is 8.46. The maximum atomic E-state index is 12.3. The average Bonchev–Trinajstić information content (AvgIpc) is 3.40. The first-order chi connectivity index (χ1) is 11.2. The quantitative estimate of drug-likeness (QED) is 0.882. The summed E-state index contributed by atoms with van der Waals surface area (Å²) in [4.78, 5) is 25.1. The van der Waals surface area contributed by atoms with E-state index < -0.39 is 0 Å². The maximum Gasteiger partial charge on any atom is 0.317 e. The van der Waals surface area contributed by atoms with E-state index in [0.29, 0.717) is 25.7 Å². The fourth-order valence-electron chi connectivity index (χ4n) is 3.48. The van der Waals surface area contributed by atoms with Crippen LogP contribution in [0.2, 0.25) is 0 Å². The Morgan fingerprint density at radius 3 is 2.87 bits per heavy atom. The maximum absolute atomic E-state index is 12.3. The Bertz CT molecular complexity index is 561. The Morgan fingerprint density at radius 1 is 1.26 bits per heavy atom. The van der Waals surface area contributed by atoms with Crippen LogP contribution < -0.4 is 10.2 Å². The predicted molar refractivity (Wildman–Crippen MR) is 85.3 cm³/mol. The Morgan fingerprint density at radius 2 is 2.09 bits per heavy atom. The third-order valence-corrected chi connectivity index (χ3v) is 4.82. The van der Waals surface area contributed by atoms with E-state index in [4.69, 9.17) is 4.74 Å². The number of aromatic nitrogens is 2. The largest absolute Gasteiger partial charge is 0.369 e. The first-order valence-corrected chi connectivity index (χ1v) is 8.46. The molecule has 23 heavy (non-hydrogen) atoms. The molecule has 1 N–H and O–H groups in total. The molecule has 1 aromatic rings. The van der Waals surface area contributed by atoms with Crippen LogP contribution in [0.15, 0.2) is 18.5 Å². The molecule has 2 aliphatic heterocycles. The van der Waals surface area contributed by atoms with Crippen LogP contribution in [0, 0.1) is 0 Å². The second-order valence-corrected chi connectivity index (χ2v) is 6.75. The highest BCUT2D eigenvalue weighted by molar-refractivity contribution is 5.75. The molecule has 2 saturated heterocycles. The van der Waals surface area contributed by atoms with Crippen molar-refractivity contribution in [3.8, 4) is 0 Å². The number of piperidine rings is 1. The minimum atomic E-state index is -0.295. The lowest BCUT2D eigenvalue weighted by Crippen LogP contribution is -2.62. The molecule has 0 aromatic carbocycles. The zero-order chi connectivity index (χ0) is 15.7. The summed E-state index contributed by atoms with van der Waals surface area (Å²) in [6.07, 6.45) is 7.75. The Labute approximate surface area is 136 Å². The topological polar surface area (TPSA) is 70.6 Å². The van der Waals surface area contributed by atoms with Gasteiger partial charge in [0.15, 0.2) is 0 Å². The number of nitrogens with zero attached hydrogens (tertiary/aromatic N) is 4. The summed E-state index contributed by atoms with van der Waals surface area (Å²) < 4.78 is 6.14. The van der Waals surface area contributed by atoms with Crippen molar-refractivity contribution in [3.63, 3.8) is 0 Å². The van der Waals surface area contributed by atoms with Gasteiger partial charge in [-0.2, -0.15) is 0 Å². The van der Waals surface area contributed by atoms with E-state index in [1.165, 1.54) is 0 Å². The first kappa shape index (κ1) is 14.7. The molecule has 1 aliphatic carbocycles. The number of ether oxygens (including phenoxy) is 1. The lowest BCUT2D eigenvalue weighted by atomic mass is 9.91. The van der Waals surface area contributed by atoms with Gasteiger partial charge in [-0.1, -0.05) is 0 Å². The van der Waals surface area contributed by atoms with Crippen molar-refractivity contribution in [3.05, 3.63) is 18.5 Å². The highest BCUT2D eigenvalue weighted by atomic mass is 16.5. The normalized spacial score (nSPS) is 28.0. The van der Waals surface area contributed by atoms with E-state index in [9.17, 15) is 4.79 Å². The molecule has 7 nitrogen and oxygen atoms in total. The number of hydrogen-bond acceptors (Lipinski definition) is 5. The summed E-state index contributed by atoms with van der Waals surface area (Å²) in [7, 11) is 0. The number of rotatable bonds is 2. The van der Waals surface area contributed by atoms with Gasteiger partial charge in [-0.05, 0) is 31.7 Å². The fourth-order valence-corrected chi connectivity index (χ4v) is 3.48. The van der Waals surface area contributed by atoms with E-state index >= 15 is 0 Å². The molecule has 7 heteroatoms. The third kappa shape index (κ3) is 3.24. The fraction of sp³-hybridized carbons (Fsp3) is 0.688. The molecular weight excluding hydrogens is 294 g/mol. The highest BCUT2D eigenvalue weighted by Gasteiger charge is 2.42. The van der Waals surface area contributed by atoms with E-state index in [-0.39, 0.29) is 11.6 Å². The van der Waals surface area contributed by atoms with Crippen LogP contribution in [0.3, 0.4) is 0 Å². The number of morpholine rings is 1. The van der Waals surface area contributed by atoms with Gasteiger partial charge in [0.1, 0.15) is 5.60 Å². The van der Waals surface area contributed by atoms with Crippen molar-refractivity contribution in [2.24, 2.45) is 0 Å². The van der Waals surface area contributed by atoms with Crippen molar-refractivity contribution in [1.29, 1.82) is 0 Å². The van der Waals surface area contributed by atoms with Crippen LogP contribution >= 0.6 is 0 Å². The molecule has 1 unspecified atom stereocenters. The van der Waals surface area contributed by atoms with Crippen LogP contribution in [0.4, 0.5) is 10.7 Å². The molecule has 124 valence electrons. The third-order valence-electron chi connectivity index (χ3n) is 4.82. The van der Waals surface area contributed by atoms with Crippen LogP contribution in [0.5, 0.6) is 0 Å². The van der Waals surface area contributed by atoms with Crippen molar-refractivity contribution in [2.45, 2.75) is 37.3 Å². The van der Waals surface area contributed by atoms with Gasteiger partial charge in [0, 0.05) is 31.5 Å². The summed E-state index contributed by atoms with van der Waals surface area (Å²) in [6.45, 7) is 3.59. The predicted octanol–water partition coefficient (Wildman–Crippen LogP) is 1.02. The van der Waals surface area contributed by atoms with Gasteiger partial charge in [-0.3, -0.25) is 0 Å². The van der Waals surface area contributed by atoms with Crippen molar-refractivity contribution in [2.75, 3.05) is 37.7 Å². The van der Waals surface area contributed by atoms with Crippen LogP contribution in [-0.4, -0.2) is 65.3 Å². The monoisotopic (exact) mass is 317 g/mol. The number of amides is 2. The number of nitrogens with one attached hydrogen (secondary N) is 1. The summed E-state index contributed by atoms with van der Waals surface area (Å²) in [5.41, 5.74) is -0.295. The summed E-state index contributed by atoms with van der Waals surface area (Å²) in [6, 6.07) is 2.27. The van der Waals surface area contributed by atoms with E-state index in [2.05, 4.69) is 20.2 Å². The molecule has 1 aromatic heterocycles. The molecule has 4 rings (SSSR count). The Hall–Kier alpha value is -1.89. The number of urea groups is 1. The number of hydrogen-bond donors (Lipinski definition) is 1. The molecule has 1 spiro atoms. The smallest absolute Gasteiger partial charge is 0.317 e. The standard InChI is InChI=1S/C16H23N5O2/c22-15(19-13-3-4-13)21-9-10-23-16(12-21)5-1-8-20(11-16)14-17-6-2-7-18-14/h2,6-7,13H,1,3-5,8-12H2,(H,19,22). The minimum absolute atomic E-state index is 0.0586. The molecule has 3 fully saturated rings. The molecule has 1 atom stereocenters. The van der Waals surface area contributed by atoms with E-state index in [1.807, 2.05) is 11.0 Å². The number of carbonyl (C=O) groups excluding carboxylic acids is 1. The SMILES string of the molecule is O=C(NC1CC1)N1CCOC2(CCCN(c3ncccn3)C2)C1. The van der Waals surface area contributed by atoms with Crippen molar-refractivity contribution < 1.29 is 9.53 Å². The van der Waals surface area contributed by atoms with Gasteiger partial charge in [-0.25, -0.2) is 14.8 Å². The van der Waals surface area contributed by atoms with Gasteiger partial charge in [0.2, 0.25) is 5.95 Å². The van der Waals surface area contributed by atoms with E-state index in [0.717, 1.165) is 44.7 Å². The molecule has 3 heterocycles. The second-order valence-electron chi connectivity index (χ2n) is 6.75. The molecule has 0 bridgehead atoms. The van der Waals surface area contributed by atoms with Gasteiger partial charge < -0.3 is 19.9 Å². The second kappa shape index (κ2) is 5.96. The highest BCUT2D eigenvalue weighted by Crippen LogP contribution is 2.30. The lowest BCUT2D eigenvalue weighted by molar-refractivity contribution is -0.103. The van der Waals surface area contributed by atoms with Crippen LogP contribution in [0.1, 0.15) is 25.7 Å². The van der Waals surface area contributed by atoms with Crippen LogP contribution in [0.25, 0.3) is 0 Å². The lowest BCUT2D eigenvalue weighted by Gasteiger charge is -2.47. The van der Waals surface area contributed by atoms with Gasteiger partial charge >= 0.3 is 6.03 Å². The molecule has 3 aliphatic rings. The molecular formula is C16H23N5O2. The van der Waals surface area contributed by atoms with Gasteiger partial charge in [0.05, 0.1) is 19.7 Å². The average molecular weight is 317 g/mol. The number of anilines is 1. The molecule has 0 radical (unpaired) electrons.